The summed E-state index contributed by atoms with van der Waals surface area (Å²) < 4.78 is 5.34. The van der Waals surface area contributed by atoms with E-state index in [0.29, 0.717) is 18.8 Å². The molecule has 1 saturated carbocycles. The lowest BCUT2D eigenvalue weighted by Gasteiger charge is -2.26. The van der Waals surface area contributed by atoms with Crippen molar-refractivity contribution < 1.29 is 18.9 Å². The van der Waals surface area contributed by atoms with Crippen LogP contribution in [-0.2, 0) is 11.3 Å². The Morgan fingerprint density at radius 1 is 1.21 bits per heavy atom. The maximum absolute atomic E-state index is 13.0. The third kappa shape index (κ3) is 5.60. The molecule has 3 rings (SSSR count). The van der Waals surface area contributed by atoms with E-state index in [0.717, 1.165) is 36.3 Å². The van der Waals surface area contributed by atoms with E-state index in [9.17, 15) is 9.59 Å². The van der Waals surface area contributed by atoms with Gasteiger partial charge < -0.3 is 24.4 Å². The van der Waals surface area contributed by atoms with Crippen LogP contribution >= 0.6 is 0 Å². The van der Waals surface area contributed by atoms with E-state index in [4.69, 9.17) is 4.42 Å². The molecule has 0 unspecified atom stereocenters. The molecule has 1 aromatic heterocycles. The van der Waals surface area contributed by atoms with E-state index >= 15 is 0 Å². The second kappa shape index (κ2) is 9.13. The second-order valence-corrected chi connectivity index (χ2v) is 8.16. The van der Waals surface area contributed by atoms with Crippen molar-refractivity contribution in [2.75, 3.05) is 51.5 Å². The van der Waals surface area contributed by atoms with Crippen molar-refractivity contribution in [2.24, 2.45) is 5.92 Å². The van der Waals surface area contributed by atoms with Crippen molar-refractivity contribution in [3.05, 3.63) is 47.9 Å². The highest BCUT2D eigenvalue weighted by Gasteiger charge is 2.29. The molecule has 0 radical (unpaired) electrons. The van der Waals surface area contributed by atoms with E-state index in [2.05, 4.69) is 19.4 Å². The fraction of sp³-hybridized carbons (Fsp3) is 0.455. The molecule has 0 saturated heterocycles. The Morgan fingerprint density at radius 3 is 2.55 bits per heavy atom. The number of benzene rings is 1. The highest BCUT2D eigenvalue weighted by molar-refractivity contribution is 5.94. The predicted molar refractivity (Wildman–Crippen MR) is 113 cm³/mol. The van der Waals surface area contributed by atoms with Crippen LogP contribution < -0.4 is 15.1 Å². The minimum Gasteiger partial charge on any atom is -0.459 e. The van der Waals surface area contributed by atoms with E-state index < -0.39 is 0 Å². The number of anilines is 2. The second-order valence-electron chi connectivity index (χ2n) is 8.16. The van der Waals surface area contributed by atoms with Crippen molar-refractivity contribution in [3.8, 4) is 0 Å². The van der Waals surface area contributed by atoms with Crippen LogP contribution in [0.25, 0.3) is 0 Å². The Bertz CT molecular complexity index is 842. The molecule has 0 bridgehead atoms. The van der Waals surface area contributed by atoms with Crippen LogP contribution in [0.5, 0.6) is 0 Å². The van der Waals surface area contributed by atoms with Gasteiger partial charge in [0.25, 0.3) is 5.91 Å². The first-order valence-electron chi connectivity index (χ1n) is 10.1. The Balaban J connectivity index is 1.85. The summed E-state index contributed by atoms with van der Waals surface area (Å²) in [6.45, 7) is 1.86. The summed E-state index contributed by atoms with van der Waals surface area (Å²) in [5, 5.41) is 3.01. The number of nitrogens with one attached hydrogen (secondary N) is 2. The minimum atomic E-state index is -0.131. The number of likely N-dealkylation sites (N-methyl/N-ethyl adjacent to an activating group) is 1. The molecule has 2 N–H and O–H groups in total. The van der Waals surface area contributed by atoms with Gasteiger partial charge in [0.1, 0.15) is 0 Å². The van der Waals surface area contributed by atoms with E-state index in [-0.39, 0.29) is 17.7 Å². The predicted octanol–water partition coefficient (Wildman–Crippen LogP) is 1.48. The first-order valence-corrected chi connectivity index (χ1v) is 10.1. The molecule has 2 amide bonds. The summed E-state index contributed by atoms with van der Waals surface area (Å²) in [7, 11) is 8.08. The van der Waals surface area contributed by atoms with Crippen LogP contribution in [0.1, 0.15) is 29.0 Å². The molecule has 1 aliphatic carbocycles. The van der Waals surface area contributed by atoms with Gasteiger partial charge in [-0.25, -0.2) is 0 Å². The topological polar surface area (TPSA) is 70.2 Å². The SMILES string of the molecule is CN(C)c1ccc(NC(=O)C2CC2)cc1CN(CC[NH+](C)C)C(=O)c1ccco1. The van der Waals surface area contributed by atoms with Gasteiger partial charge in [0.05, 0.1) is 33.4 Å². The van der Waals surface area contributed by atoms with Crippen LogP contribution in [0.4, 0.5) is 11.4 Å². The highest BCUT2D eigenvalue weighted by Crippen LogP contribution is 2.31. The number of quaternary nitrogens is 1. The number of carbonyl (C=O) groups is 2. The van der Waals surface area contributed by atoms with Crippen molar-refractivity contribution in [3.63, 3.8) is 0 Å². The number of amides is 2. The molecule has 1 aliphatic rings. The monoisotopic (exact) mass is 399 g/mol. The Morgan fingerprint density at radius 2 is 1.97 bits per heavy atom. The van der Waals surface area contributed by atoms with Gasteiger partial charge >= 0.3 is 0 Å². The molecule has 1 fully saturated rings. The zero-order valence-electron chi connectivity index (χ0n) is 17.7. The molecule has 0 atom stereocenters. The van der Waals surface area contributed by atoms with Crippen LogP contribution in [0.15, 0.2) is 41.0 Å². The van der Waals surface area contributed by atoms with Crippen LogP contribution in [0, 0.1) is 5.92 Å². The lowest BCUT2D eigenvalue weighted by atomic mass is 10.1. The van der Waals surface area contributed by atoms with Crippen LogP contribution in [0.2, 0.25) is 0 Å². The third-order valence-electron chi connectivity index (χ3n) is 5.04. The van der Waals surface area contributed by atoms with Gasteiger partial charge in [-0.05, 0) is 48.7 Å². The van der Waals surface area contributed by atoms with E-state index in [1.807, 2.05) is 37.2 Å². The Hall–Kier alpha value is -2.80. The summed E-state index contributed by atoms with van der Waals surface area (Å²) in [6, 6.07) is 9.30. The van der Waals surface area contributed by atoms with Crippen molar-refractivity contribution in [1.29, 1.82) is 0 Å². The molecule has 1 heterocycles. The molecule has 0 spiro atoms. The zero-order chi connectivity index (χ0) is 21.0. The molecule has 156 valence electrons. The number of rotatable bonds is 9. The third-order valence-corrected chi connectivity index (χ3v) is 5.04. The quantitative estimate of drug-likeness (QED) is 0.670. The average Bonchev–Trinajstić information content (AvgIpc) is 3.39. The van der Waals surface area contributed by atoms with E-state index in [1.54, 1.807) is 17.0 Å². The number of furan rings is 1. The molecule has 2 aromatic rings. The molecule has 7 nitrogen and oxygen atoms in total. The van der Waals surface area contributed by atoms with Gasteiger partial charge in [-0.2, -0.15) is 0 Å². The molecule has 29 heavy (non-hydrogen) atoms. The molecular weight excluding hydrogens is 368 g/mol. The van der Waals surface area contributed by atoms with Crippen LogP contribution in [-0.4, -0.2) is 58.0 Å². The number of hydrogen-bond donors (Lipinski definition) is 2. The zero-order valence-corrected chi connectivity index (χ0v) is 17.7. The van der Waals surface area contributed by atoms with E-state index in [1.165, 1.54) is 11.2 Å². The van der Waals surface area contributed by atoms with Crippen molar-refractivity contribution in [2.45, 2.75) is 19.4 Å². The number of hydrogen-bond acceptors (Lipinski definition) is 4. The van der Waals surface area contributed by atoms with Gasteiger partial charge in [0, 0.05) is 37.9 Å². The molecule has 0 aliphatic heterocycles. The smallest absolute Gasteiger partial charge is 0.290 e. The van der Waals surface area contributed by atoms with Crippen molar-refractivity contribution in [1.82, 2.24) is 4.90 Å². The van der Waals surface area contributed by atoms with Gasteiger partial charge in [0.15, 0.2) is 5.76 Å². The first kappa shape index (κ1) is 20.9. The Kier molecular flexibility index (Phi) is 6.59. The fourth-order valence-corrected chi connectivity index (χ4v) is 3.19. The van der Waals surface area contributed by atoms with Gasteiger partial charge in [-0.15, -0.1) is 0 Å². The highest BCUT2D eigenvalue weighted by atomic mass is 16.3. The maximum Gasteiger partial charge on any atom is 0.290 e. The fourth-order valence-electron chi connectivity index (χ4n) is 3.19. The lowest BCUT2D eigenvalue weighted by Crippen LogP contribution is -3.06. The summed E-state index contributed by atoms with van der Waals surface area (Å²) in [6.07, 6.45) is 3.45. The molecule has 1 aromatic carbocycles. The number of carbonyl (C=O) groups excluding carboxylic acids is 2. The molecule has 7 heteroatoms. The average molecular weight is 400 g/mol. The van der Waals surface area contributed by atoms with Crippen molar-refractivity contribution >= 4 is 23.2 Å². The first-order chi connectivity index (χ1) is 13.8. The Labute approximate surface area is 172 Å². The van der Waals surface area contributed by atoms with Gasteiger partial charge in [0.2, 0.25) is 5.91 Å². The summed E-state index contributed by atoms with van der Waals surface area (Å²) in [5.74, 6) is 0.428. The number of nitrogens with zero attached hydrogens (tertiary/aromatic N) is 2. The minimum absolute atomic E-state index is 0.0771. The van der Waals surface area contributed by atoms with Gasteiger partial charge in [-0.3, -0.25) is 9.59 Å². The van der Waals surface area contributed by atoms with Gasteiger partial charge in [-0.1, -0.05) is 0 Å². The summed E-state index contributed by atoms with van der Waals surface area (Å²) in [4.78, 5) is 30.3. The standard InChI is InChI=1S/C22H30N4O3/c1-24(2)11-12-26(22(28)20-6-5-13-29-20)15-17-14-18(9-10-19(17)25(3)4)23-21(27)16-7-8-16/h5-6,9-10,13-14,16H,7-8,11-12,15H2,1-4H3,(H,23,27)/p+1. The summed E-state index contributed by atoms with van der Waals surface area (Å²) in [5.41, 5.74) is 2.77. The largest absolute Gasteiger partial charge is 0.459 e. The van der Waals surface area contributed by atoms with Crippen LogP contribution in [0.3, 0.4) is 0 Å². The molecular formula is C22H31N4O3+. The normalized spacial score (nSPS) is 13.4. The summed E-state index contributed by atoms with van der Waals surface area (Å²) >= 11 is 0. The lowest BCUT2D eigenvalue weighted by molar-refractivity contribution is -0.857. The maximum atomic E-state index is 13.0.